The summed E-state index contributed by atoms with van der Waals surface area (Å²) < 4.78 is 0. The number of aliphatic carboxylic acids is 1. The summed E-state index contributed by atoms with van der Waals surface area (Å²) in [4.78, 5) is 9.48. The first kappa shape index (κ1) is 10.7. The van der Waals surface area contributed by atoms with Crippen LogP contribution in [0.5, 0.6) is 0 Å². The molecule has 2 N–H and O–H groups in total. The Balaban J connectivity index is 0. The summed E-state index contributed by atoms with van der Waals surface area (Å²) in [5.74, 6) is -0.898. The second-order valence-electron chi connectivity index (χ2n) is 0.894. The number of carbonyl (C=O) groups is 1. The van der Waals surface area contributed by atoms with Crippen LogP contribution in [-0.2, 0) is 4.79 Å². The second-order valence-corrected chi connectivity index (χ2v) is 0.894. The van der Waals surface area contributed by atoms with Crippen molar-refractivity contribution >= 4 is 5.97 Å². The van der Waals surface area contributed by atoms with Gasteiger partial charge in [0.1, 0.15) is 0 Å². The van der Waals surface area contributed by atoms with E-state index >= 15 is 0 Å². The molecule has 0 heterocycles. The molecule has 0 amide bonds. The molecule has 7 heavy (non-hydrogen) atoms. The number of nitrogens with one attached hydrogen (secondary N) is 1. The van der Waals surface area contributed by atoms with Crippen LogP contribution < -0.4 is 0 Å². The van der Waals surface area contributed by atoms with Crippen molar-refractivity contribution in [3.05, 3.63) is 5.73 Å². The molecule has 0 unspecified atom stereocenters. The first-order chi connectivity index (χ1) is 2.77. The van der Waals surface area contributed by atoms with E-state index in [0.29, 0.717) is 0 Å². The van der Waals surface area contributed by atoms with Gasteiger partial charge in [-0.05, 0) is 0 Å². The van der Waals surface area contributed by atoms with Gasteiger partial charge >= 0.3 is 5.97 Å². The van der Waals surface area contributed by atoms with Crippen LogP contribution in [-0.4, -0.2) is 17.6 Å². The van der Waals surface area contributed by atoms with Crippen molar-refractivity contribution in [3.63, 3.8) is 0 Å². The molecule has 0 aromatic rings. The number of rotatable bonds is 2. The van der Waals surface area contributed by atoms with E-state index in [9.17, 15) is 4.79 Å². The summed E-state index contributed by atoms with van der Waals surface area (Å²) in [6.07, 6.45) is -0.0417. The van der Waals surface area contributed by atoms with E-state index in [1.54, 1.807) is 0 Å². The van der Waals surface area contributed by atoms with E-state index in [1.165, 1.54) is 0 Å². The molecule has 4 heteroatoms. The molecule has 1 radical (unpaired) electrons. The summed E-state index contributed by atoms with van der Waals surface area (Å²) in [5.41, 5.74) is 6.35. The maximum absolute atomic E-state index is 9.48. The molecule has 0 saturated heterocycles. The molecular weight excluding hydrogens is 223 g/mol. The monoisotopic (exact) mass is 229 g/mol. The topological polar surface area (TPSA) is 61.1 Å². The molecule has 0 aromatic heterocycles. The molecule has 0 aliphatic heterocycles. The van der Waals surface area contributed by atoms with Crippen LogP contribution in [0.2, 0.25) is 0 Å². The zero-order chi connectivity index (χ0) is 4.99. The Kier molecular flexibility index (Phi) is 10.4. The molecule has 39 valence electrons. The van der Waals surface area contributed by atoms with E-state index in [2.05, 4.69) is 0 Å². The van der Waals surface area contributed by atoms with Crippen molar-refractivity contribution in [2.24, 2.45) is 0 Å². The molecule has 0 aromatic carbocycles. The number of hydrogen-bond donors (Lipinski definition) is 1. The third kappa shape index (κ3) is 10.8. The van der Waals surface area contributed by atoms with Crippen molar-refractivity contribution < 1.29 is 51.2 Å². The standard InChI is InChI=1S/C3H6NO2.Pr/c4-2-1-3(5)6;/h4H,1-2H2,(H,5,6);/q-1;. The van der Waals surface area contributed by atoms with Crippen LogP contribution in [0.1, 0.15) is 6.42 Å². The second kappa shape index (κ2) is 6.79. The summed E-state index contributed by atoms with van der Waals surface area (Å²) in [7, 11) is 0. The van der Waals surface area contributed by atoms with Gasteiger partial charge in [0.15, 0.2) is 0 Å². The maximum Gasteiger partial charge on any atom is 0.301 e. The predicted molar refractivity (Wildman–Crippen MR) is 21.4 cm³/mol. The van der Waals surface area contributed by atoms with E-state index in [4.69, 9.17) is 10.8 Å². The largest absolute Gasteiger partial charge is 0.677 e. The van der Waals surface area contributed by atoms with Crippen molar-refractivity contribution in [3.8, 4) is 0 Å². The van der Waals surface area contributed by atoms with E-state index in [-0.39, 0.29) is 54.3 Å². The van der Waals surface area contributed by atoms with Gasteiger partial charge in [-0.25, -0.2) is 0 Å². The van der Waals surface area contributed by atoms with Crippen LogP contribution >= 0.6 is 0 Å². The zero-order valence-corrected chi connectivity index (χ0v) is 7.55. The van der Waals surface area contributed by atoms with Gasteiger partial charge in [0, 0.05) is 47.7 Å². The molecule has 0 aliphatic carbocycles. The fourth-order valence-electron chi connectivity index (χ4n) is 0.107. The Hall–Kier alpha value is 0.794. The molecule has 0 bridgehead atoms. The van der Waals surface area contributed by atoms with Gasteiger partial charge in [-0.2, -0.15) is 0 Å². The quantitative estimate of drug-likeness (QED) is 0.749. The van der Waals surface area contributed by atoms with Crippen LogP contribution in [0.4, 0.5) is 0 Å². The van der Waals surface area contributed by atoms with Crippen LogP contribution in [0.25, 0.3) is 5.73 Å². The van der Waals surface area contributed by atoms with Gasteiger partial charge < -0.3 is 10.8 Å². The summed E-state index contributed by atoms with van der Waals surface area (Å²) in [6, 6.07) is 0. The van der Waals surface area contributed by atoms with Crippen molar-refractivity contribution in [2.45, 2.75) is 6.42 Å². The third-order valence-electron chi connectivity index (χ3n) is 0.339. The minimum absolute atomic E-state index is 0. The van der Waals surface area contributed by atoms with E-state index in [0.717, 1.165) is 0 Å². The fraction of sp³-hybridized carbons (Fsp3) is 0.667. The normalized spacial score (nSPS) is 7.00. The van der Waals surface area contributed by atoms with E-state index < -0.39 is 5.97 Å². The number of carboxylic acid groups (broad SMARTS) is 1. The first-order valence-electron chi connectivity index (χ1n) is 1.63. The SMILES string of the molecule is [NH-]CCC(=O)O.[Pr]. The third-order valence-corrected chi connectivity index (χ3v) is 0.339. The molecule has 0 spiro atoms. The van der Waals surface area contributed by atoms with Crippen molar-refractivity contribution in [2.75, 3.05) is 6.54 Å². The number of hydrogen-bond acceptors (Lipinski definition) is 1. The van der Waals surface area contributed by atoms with Gasteiger partial charge in [-0.15, -0.1) is 6.54 Å². The Morgan fingerprint density at radius 3 is 2.14 bits per heavy atom. The molecule has 0 saturated carbocycles. The summed E-state index contributed by atoms with van der Waals surface area (Å²) in [5, 5.41) is 7.79. The predicted octanol–water partition coefficient (Wildman–Crippen LogP) is 0.513. The van der Waals surface area contributed by atoms with Gasteiger partial charge in [-0.3, -0.25) is 4.79 Å². The molecule has 0 aliphatic rings. The van der Waals surface area contributed by atoms with Crippen molar-refractivity contribution in [1.82, 2.24) is 0 Å². The molecular formula is C3H6NO2Pr-. The Labute approximate surface area is 75.2 Å². The van der Waals surface area contributed by atoms with Gasteiger partial charge in [0.25, 0.3) is 0 Å². The van der Waals surface area contributed by atoms with E-state index in [1.807, 2.05) is 0 Å². The Bertz CT molecular complexity index is 56.9. The molecule has 0 fully saturated rings. The fourth-order valence-corrected chi connectivity index (χ4v) is 0.107. The van der Waals surface area contributed by atoms with Crippen LogP contribution in [0.3, 0.4) is 0 Å². The van der Waals surface area contributed by atoms with Crippen LogP contribution in [0.15, 0.2) is 0 Å². The molecule has 0 rings (SSSR count). The number of carboxylic acids is 1. The first-order valence-corrected chi connectivity index (χ1v) is 1.63. The minimum atomic E-state index is -0.898. The molecule has 0 atom stereocenters. The Morgan fingerprint density at radius 1 is 1.71 bits per heavy atom. The smallest absolute Gasteiger partial charge is 0.301 e. The Morgan fingerprint density at radius 2 is 2.14 bits per heavy atom. The van der Waals surface area contributed by atoms with Gasteiger partial charge in [-0.1, -0.05) is 0 Å². The average Bonchev–Trinajstić information content (AvgIpc) is 1.35. The average molecular weight is 229 g/mol. The van der Waals surface area contributed by atoms with Gasteiger partial charge in [0.05, 0.1) is 0 Å². The zero-order valence-electron chi connectivity index (χ0n) is 3.85. The molecule has 3 nitrogen and oxygen atoms in total. The van der Waals surface area contributed by atoms with Gasteiger partial charge in [0.2, 0.25) is 0 Å². The maximum atomic E-state index is 9.48. The van der Waals surface area contributed by atoms with Crippen molar-refractivity contribution in [1.29, 1.82) is 0 Å². The summed E-state index contributed by atoms with van der Waals surface area (Å²) >= 11 is 0. The van der Waals surface area contributed by atoms with Crippen LogP contribution in [0, 0.1) is 41.3 Å². The minimum Gasteiger partial charge on any atom is -0.677 e. The summed E-state index contributed by atoms with van der Waals surface area (Å²) in [6.45, 7) is -0.0185.